The van der Waals surface area contributed by atoms with Gasteiger partial charge in [-0.3, -0.25) is 14.5 Å². The molecule has 1 heterocycles. The molecule has 1 N–H and O–H groups in total. The van der Waals surface area contributed by atoms with Gasteiger partial charge in [-0.05, 0) is 47.9 Å². The predicted molar refractivity (Wildman–Crippen MR) is 131 cm³/mol. The summed E-state index contributed by atoms with van der Waals surface area (Å²) in [6.07, 6.45) is 0.314. The molecule has 4 rings (SSSR count). The van der Waals surface area contributed by atoms with Crippen molar-refractivity contribution in [3.8, 4) is 6.07 Å². The number of hydrogen-bond donors (Lipinski definition) is 1. The fourth-order valence-electron chi connectivity index (χ4n) is 3.54. The van der Waals surface area contributed by atoms with Crippen LogP contribution in [0.4, 0.5) is 10.1 Å². The average Bonchev–Trinajstić information content (AvgIpc) is 3.16. The molecule has 1 aliphatic rings. The fourth-order valence-corrected chi connectivity index (χ4v) is 5.05. The third kappa shape index (κ3) is 5.14. The first-order valence-electron chi connectivity index (χ1n) is 10.4. The lowest BCUT2D eigenvalue weighted by Gasteiger charge is -2.18. The van der Waals surface area contributed by atoms with Crippen molar-refractivity contribution in [2.24, 2.45) is 0 Å². The largest absolute Gasteiger partial charge is 0.347 e. The summed E-state index contributed by atoms with van der Waals surface area (Å²) in [5.74, 6) is -1.36. The number of rotatable bonds is 6. The Morgan fingerprint density at radius 1 is 1.06 bits per heavy atom. The molecule has 1 saturated heterocycles. The molecule has 1 fully saturated rings. The highest BCUT2D eigenvalue weighted by Crippen LogP contribution is 2.42. The van der Waals surface area contributed by atoms with Gasteiger partial charge in [-0.25, -0.2) is 4.39 Å². The molecule has 0 aliphatic carbocycles. The first-order valence-corrected chi connectivity index (χ1v) is 11.7. The number of thioether (sulfide) groups is 1. The third-order valence-electron chi connectivity index (χ3n) is 5.25. The van der Waals surface area contributed by atoms with Crippen molar-refractivity contribution in [3.05, 3.63) is 111 Å². The van der Waals surface area contributed by atoms with Gasteiger partial charge in [0.25, 0.3) is 5.91 Å². The maximum atomic E-state index is 13.5. The van der Waals surface area contributed by atoms with Gasteiger partial charge >= 0.3 is 0 Å². The summed E-state index contributed by atoms with van der Waals surface area (Å²) in [5, 5.41) is 12.7. The van der Waals surface area contributed by atoms with Crippen LogP contribution < -0.4 is 10.2 Å². The lowest BCUT2D eigenvalue weighted by molar-refractivity contribution is -0.117. The topological polar surface area (TPSA) is 73.2 Å². The number of anilines is 1. The zero-order chi connectivity index (χ0) is 24.1. The lowest BCUT2D eigenvalue weighted by Crippen LogP contribution is -2.32. The summed E-state index contributed by atoms with van der Waals surface area (Å²) in [6.45, 7) is 0.232. The zero-order valence-electron chi connectivity index (χ0n) is 17.9. The maximum absolute atomic E-state index is 13.5. The second-order valence-corrected chi connectivity index (χ2v) is 9.11. The Bertz CT molecular complexity index is 1290. The van der Waals surface area contributed by atoms with Crippen molar-refractivity contribution in [2.45, 2.75) is 18.2 Å². The number of hydrogen-bond acceptors (Lipinski definition) is 4. The van der Waals surface area contributed by atoms with E-state index in [1.807, 2.05) is 48.5 Å². The van der Waals surface area contributed by atoms with E-state index in [2.05, 4.69) is 5.32 Å². The molecule has 8 heteroatoms. The molecular formula is C26H19ClFN3O2S. The van der Waals surface area contributed by atoms with Crippen molar-refractivity contribution < 1.29 is 14.0 Å². The Kier molecular flexibility index (Phi) is 7.31. The van der Waals surface area contributed by atoms with E-state index in [9.17, 15) is 19.2 Å². The summed E-state index contributed by atoms with van der Waals surface area (Å²) in [6, 6.07) is 23.8. The Balaban J connectivity index is 1.68. The summed E-state index contributed by atoms with van der Waals surface area (Å²) >= 11 is 7.43. The average molecular weight is 492 g/mol. The van der Waals surface area contributed by atoms with Crippen LogP contribution in [0.2, 0.25) is 5.02 Å². The Hall–Kier alpha value is -3.60. The summed E-state index contributed by atoms with van der Waals surface area (Å²) < 4.78 is 13.5. The van der Waals surface area contributed by atoms with E-state index in [0.717, 1.165) is 22.9 Å². The quantitative estimate of drug-likeness (QED) is 0.379. The maximum Gasteiger partial charge on any atom is 0.264 e. The van der Waals surface area contributed by atoms with E-state index in [-0.39, 0.29) is 23.1 Å². The SMILES string of the molecule is N#CC(C(=O)NCc1ccccc1)=C1SC(Cc2ccccc2Cl)C(=O)N1c1ccc(F)cc1. The van der Waals surface area contributed by atoms with Crippen molar-refractivity contribution in [1.29, 1.82) is 5.26 Å². The predicted octanol–water partition coefficient (Wildman–Crippen LogP) is 5.22. The molecule has 0 bridgehead atoms. The van der Waals surface area contributed by atoms with Gasteiger partial charge in [0, 0.05) is 17.3 Å². The number of carbonyl (C=O) groups is 2. The Labute approximate surface area is 205 Å². The van der Waals surface area contributed by atoms with Crippen molar-refractivity contribution in [3.63, 3.8) is 0 Å². The second-order valence-electron chi connectivity index (χ2n) is 7.51. The van der Waals surface area contributed by atoms with Gasteiger partial charge in [0.2, 0.25) is 5.91 Å². The van der Waals surface area contributed by atoms with Crippen LogP contribution in [0.5, 0.6) is 0 Å². The molecule has 0 saturated carbocycles. The van der Waals surface area contributed by atoms with E-state index in [1.54, 1.807) is 12.1 Å². The van der Waals surface area contributed by atoms with E-state index < -0.39 is 17.0 Å². The van der Waals surface area contributed by atoms with Crippen LogP contribution >= 0.6 is 23.4 Å². The molecule has 2 amide bonds. The molecule has 5 nitrogen and oxygen atoms in total. The van der Waals surface area contributed by atoms with Crippen LogP contribution in [0, 0.1) is 17.1 Å². The van der Waals surface area contributed by atoms with E-state index in [1.165, 1.54) is 29.2 Å². The minimum absolute atomic E-state index is 0.180. The van der Waals surface area contributed by atoms with Crippen molar-refractivity contribution >= 4 is 40.9 Å². The van der Waals surface area contributed by atoms with Gasteiger partial charge in [-0.2, -0.15) is 5.26 Å². The summed E-state index contributed by atoms with van der Waals surface area (Å²) in [5.41, 5.74) is 1.85. The van der Waals surface area contributed by atoms with E-state index in [4.69, 9.17) is 11.6 Å². The molecule has 170 valence electrons. The minimum Gasteiger partial charge on any atom is -0.347 e. The molecular weight excluding hydrogens is 473 g/mol. The molecule has 0 aromatic heterocycles. The molecule has 3 aromatic carbocycles. The monoisotopic (exact) mass is 491 g/mol. The van der Waals surface area contributed by atoms with Crippen LogP contribution in [0.25, 0.3) is 0 Å². The third-order valence-corrected chi connectivity index (χ3v) is 6.88. The normalized spacial score (nSPS) is 16.8. The molecule has 1 aliphatic heterocycles. The van der Waals surface area contributed by atoms with E-state index >= 15 is 0 Å². The van der Waals surface area contributed by atoms with Crippen LogP contribution in [0.15, 0.2) is 89.5 Å². The Morgan fingerprint density at radius 2 is 1.74 bits per heavy atom. The number of carbonyl (C=O) groups excluding carboxylic acids is 2. The van der Waals surface area contributed by atoms with Gasteiger partial charge in [0.15, 0.2) is 0 Å². The number of benzene rings is 3. The molecule has 34 heavy (non-hydrogen) atoms. The molecule has 1 unspecified atom stereocenters. The minimum atomic E-state index is -0.606. The highest BCUT2D eigenvalue weighted by molar-refractivity contribution is 8.05. The number of amides is 2. The zero-order valence-corrected chi connectivity index (χ0v) is 19.4. The van der Waals surface area contributed by atoms with Crippen molar-refractivity contribution in [2.75, 3.05) is 4.90 Å². The van der Waals surface area contributed by atoms with Crippen LogP contribution in [-0.2, 0) is 22.6 Å². The molecule has 3 aromatic rings. The molecule has 1 atom stereocenters. The van der Waals surface area contributed by atoms with Crippen LogP contribution in [-0.4, -0.2) is 17.1 Å². The second kappa shape index (κ2) is 10.6. The van der Waals surface area contributed by atoms with Crippen LogP contribution in [0.1, 0.15) is 11.1 Å². The highest BCUT2D eigenvalue weighted by atomic mass is 35.5. The Morgan fingerprint density at radius 3 is 2.41 bits per heavy atom. The van der Waals surface area contributed by atoms with Crippen molar-refractivity contribution in [1.82, 2.24) is 5.32 Å². The standard InChI is InChI=1S/C26H19ClFN3O2S/c27-22-9-5-4-8-18(22)14-23-25(33)31(20-12-10-19(28)11-13-20)26(34-23)21(15-29)24(32)30-16-17-6-2-1-3-7-17/h1-13,23H,14,16H2,(H,30,32). The molecule has 0 radical (unpaired) electrons. The van der Waals surface area contributed by atoms with Gasteiger partial charge in [-0.1, -0.05) is 71.9 Å². The van der Waals surface area contributed by atoms with Gasteiger partial charge in [-0.15, -0.1) is 0 Å². The molecule has 0 spiro atoms. The number of nitriles is 1. The first kappa shape index (κ1) is 23.6. The summed E-state index contributed by atoms with van der Waals surface area (Å²) in [7, 11) is 0. The highest BCUT2D eigenvalue weighted by Gasteiger charge is 2.41. The summed E-state index contributed by atoms with van der Waals surface area (Å²) in [4.78, 5) is 27.7. The number of halogens is 2. The smallest absolute Gasteiger partial charge is 0.264 e. The first-order chi connectivity index (χ1) is 16.5. The number of nitrogens with one attached hydrogen (secondary N) is 1. The van der Waals surface area contributed by atoms with E-state index in [0.29, 0.717) is 17.1 Å². The van der Waals surface area contributed by atoms with Gasteiger partial charge in [0.1, 0.15) is 22.5 Å². The number of nitrogens with zero attached hydrogens (tertiary/aromatic N) is 2. The van der Waals surface area contributed by atoms with Gasteiger partial charge < -0.3 is 5.32 Å². The van der Waals surface area contributed by atoms with Crippen LogP contribution in [0.3, 0.4) is 0 Å². The van der Waals surface area contributed by atoms with Gasteiger partial charge in [0.05, 0.1) is 5.25 Å². The fraction of sp³-hybridized carbons (Fsp3) is 0.115. The lowest BCUT2D eigenvalue weighted by atomic mass is 10.1.